The molecular formula is C23H20FN5OS. The molecule has 0 unspecified atom stereocenters. The summed E-state index contributed by atoms with van der Waals surface area (Å²) in [7, 11) is 0. The van der Waals surface area contributed by atoms with Gasteiger partial charge in [-0.05, 0) is 60.5 Å². The number of nitrogens with zero attached hydrogens (tertiary/aromatic N) is 4. The van der Waals surface area contributed by atoms with Gasteiger partial charge in [-0.25, -0.2) is 4.39 Å². The number of amides is 1. The van der Waals surface area contributed by atoms with Gasteiger partial charge in [-0.1, -0.05) is 30.8 Å². The topological polar surface area (TPSA) is 72.7 Å². The number of nitrogens with one attached hydrogen (secondary N) is 1. The molecule has 0 atom stereocenters. The fourth-order valence-corrected chi connectivity index (χ4v) is 3.82. The van der Waals surface area contributed by atoms with Crippen LogP contribution in [-0.2, 0) is 11.2 Å². The molecule has 0 bridgehead atoms. The molecule has 0 fully saturated rings. The number of halogens is 1. The summed E-state index contributed by atoms with van der Waals surface area (Å²) in [5.41, 5.74) is 3.45. The van der Waals surface area contributed by atoms with Gasteiger partial charge in [-0.15, -0.1) is 10.2 Å². The van der Waals surface area contributed by atoms with Crippen LogP contribution in [0.2, 0.25) is 0 Å². The number of hydrogen-bond acceptors (Lipinski definition) is 5. The Balaban J connectivity index is 1.57. The molecule has 0 aliphatic carbocycles. The van der Waals surface area contributed by atoms with E-state index in [2.05, 4.69) is 27.4 Å². The van der Waals surface area contributed by atoms with Crippen LogP contribution < -0.4 is 5.32 Å². The quantitative estimate of drug-likeness (QED) is 0.426. The number of thioether (sulfide) groups is 1. The standard InChI is InChI=1S/C23H20FN5OS/c1-2-16-4-3-5-19(14-16)26-21(30)15-31-23-28-27-22(17-10-12-25-13-11-17)29(23)20-8-6-18(24)7-9-20/h3-14H,2,15H2,1H3,(H,26,30). The molecule has 1 amide bonds. The second-order valence-corrected chi connectivity index (χ2v) is 7.69. The lowest BCUT2D eigenvalue weighted by Gasteiger charge is -2.11. The Kier molecular flexibility index (Phi) is 6.37. The van der Waals surface area contributed by atoms with Gasteiger partial charge in [0, 0.05) is 29.3 Å². The van der Waals surface area contributed by atoms with E-state index >= 15 is 0 Å². The number of carbonyl (C=O) groups is 1. The molecule has 0 saturated carbocycles. The third-order valence-corrected chi connectivity index (χ3v) is 5.54. The Morgan fingerprint density at radius 1 is 1.06 bits per heavy atom. The molecule has 0 spiro atoms. The first kappa shape index (κ1) is 20.7. The van der Waals surface area contributed by atoms with E-state index in [0.717, 1.165) is 23.2 Å². The predicted octanol–water partition coefficient (Wildman–Crippen LogP) is 4.76. The zero-order valence-electron chi connectivity index (χ0n) is 16.8. The first-order valence-corrected chi connectivity index (χ1v) is 10.8. The Hall–Kier alpha value is -3.52. The molecule has 6 nitrogen and oxygen atoms in total. The van der Waals surface area contributed by atoms with E-state index in [-0.39, 0.29) is 17.5 Å². The lowest BCUT2D eigenvalue weighted by Crippen LogP contribution is -2.14. The lowest BCUT2D eigenvalue weighted by molar-refractivity contribution is -0.113. The molecule has 0 saturated heterocycles. The van der Waals surface area contributed by atoms with Gasteiger partial charge in [0.1, 0.15) is 5.82 Å². The van der Waals surface area contributed by atoms with Crippen LogP contribution in [0.15, 0.2) is 78.2 Å². The minimum atomic E-state index is -0.329. The van der Waals surface area contributed by atoms with Gasteiger partial charge in [-0.2, -0.15) is 0 Å². The van der Waals surface area contributed by atoms with Crippen LogP contribution in [0.4, 0.5) is 10.1 Å². The maximum absolute atomic E-state index is 13.5. The molecule has 1 N–H and O–H groups in total. The maximum Gasteiger partial charge on any atom is 0.234 e. The zero-order valence-corrected chi connectivity index (χ0v) is 17.6. The van der Waals surface area contributed by atoms with Crippen LogP contribution >= 0.6 is 11.8 Å². The third-order valence-electron chi connectivity index (χ3n) is 4.61. The van der Waals surface area contributed by atoms with Crippen molar-refractivity contribution in [1.82, 2.24) is 19.7 Å². The van der Waals surface area contributed by atoms with Gasteiger partial charge in [0.05, 0.1) is 5.75 Å². The van der Waals surface area contributed by atoms with Crippen molar-refractivity contribution in [3.8, 4) is 17.1 Å². The van der Waals surface area contributed by atoms with Gasteiger partial charge in [0.25, 0.3) is 0 Å². The van der Waals surface area contributed by atoms with E-state index < -0.39 is 0 Å². The number of carbonyl (C=O) groups excluding carboxylic acids is 1. The van der Waals surface area contributed by atoms with Crippen molar-refractivity contribution in [2.24, 2.45) is 0 Å². The summed E-state index contributed by atoms with van der Waals surface area (Å²) in [4.78, 5) is 16.5. The average molecular weight is 434 g/mol. The average Bonchev–Trinajstić information content (AvgIpc) is 3.23. The summed E-state index contributed by atoms with van der Waals surface area (Å²) in [6.07, 6.45) is 4.24. The Labute approximate surface area is 183 Å². The second kappa shape index (κ2) is 9.53. The smallest absolute Gasteiger partial charge is 0.234 e. The number of aromatic nitrogens is 4. The van der Waals surface area contributed by atoms with E-state index in [1.165, 1.54) is 23.9 Å². The van der Waals surface area contributed by atoms with E-state index in [1.807, 2.05) is 41.0 Å². The normalized spacial score (nSPS) is 10.8. The van der Waals surface area contributed by atoms with Gasteiger partial charge < -0.3 is 5.32 Å². The minimum Gasteiger partial charge on any atom is -0.325 e. The highest BCUT2D eigenvalue weighted by molar-refractivity contribution is 7.99. The predicted molar refractivity (Wildman–Crippen MR) is 120 cm³/mol. The number of benzene rings is 2. The number of pyridine rings is 1. The van der Waals surface area contributed by atoms with Crippen molar-refractivity contribution in [3.05, 3.63) is 84.4 Å². The number of anilines is 1. The summed E-state index contributed by atoms with van der Waals surface area (Å²) in [5, 5.41) is 12.0. The summed E-state index contributed by atoms with van der Waals surface area (Å²) >= 11 is 1.27. The largest absolute Gasteiger partial charge is 0.325 e. The third kappa shape index (κ3) is 4.97. The molecule has 2 aromatic carbocycles. The Morgan fingerprint density at radius 2 is 1.84 bits per heavy atom. The molecule has 2 aromatic heterocycles. The second-order valence-electron chi connectivity index (χ2n) is 6.74. The van der Waals surface area contributed by atoms with E-state index in [0.29, 0.717) is 16.7 Å². The lowest BCUT2D eigenvalue weighted by atomic mass is 10.1. The van der Waals surface area contributed by atoms with Crippen molar-refractivity contribution < 1.29 is 9.18 Å². The number of rotatable bonds is 7. The molecule has 4 aromatic rings. The highest BCUT2D eigenvalue weighted by Gasteiger charge is 2.17. The highest BCUT2D eigenvalue weighted by atomic mass is 32.2. The molecule has 0 aliphatic rings. The fourth-order valence-electron chi connectivity index (χ4n) is 3.07. The molecule has 0 aliphatic heterocycles. The highest BCUT2D eigenvalue weighted by Crippen LogP contribution is 2.28. The van der Waals surface area contributed by atoms with Gasteiger partial charge >= 0.3 is 0 Å². The summed E-state index contributed by atoms with van der Waals surface area (Å²) < 4.78 is 15.3. The molecule has 4 rings (SSSR count). The maximum atomic E-state index is 13.5. The molecule has 0 radical (unpaired) electrons. The van der Waals surface area contributed by atoms with Crippen LogP contribution in [0, 0.1) is 5.82 Å². The molecule has 156 valence electrons. The van der Waals surface area contributed by atoms with Crippen molar-refractivity contribution in [3.63, 3.8) is 0 Å². The van der Waals surface area contributed by atoms with E-state index in [9.17, 15) is 9.18 Å². The molecule has 2 heterocycles. The van der Waals surface area contributed by atoms with Crippen LogP contribution in [0.5, 0.6) is 0 Å². The Bertz CT molecular complexity index is 1180. The van der Waals surface area contributed by atoms with Crippen molar-refractivity contribution >= 4 is 23.4 Å². The van der Waals surface area contributed by atoms with Gasteiger partial charge in [0.15, 0.2) is 11.0 Å². The first-order valence-electron chi connectivity index (χ1n) is 9.77. The van der Waals surface area contributed by atoms with E-state index in [1.54, 1.807) is 24.5 Å². The summed E-state index contributed by atoms with van der Waals surface area (Å²) in [6.45, 7) is 2.07. The van der Waals surface area contributed by atoms with Crippen molar-refractivity contribution in [1.29, 1.82) is 0 Å². The van der Waals surface area contributed by atoms with Crippen LogP contribution in [0.3, 0.4) is 0 Å². The summed E-state index contributed by atoms with van der Waals surface area (Å²) in [6, 6.07) is 17.5. The molecule has 31 heavy (non-hydrogen) atoms. The first-order chi connectivity index (χ1) is 15.1. The monoisotopic (exact) mass is 433 g/mol. The number of aryl methyl sites for hydroxylation is 1. The van der Waals surface area contributed by atoms with Crippen molar-refractivity contribution in [2.45, 2.75) is 18.5 Å². The Morgan fingerprint density at radius 3 is 2.58 bits per heavy atom. The minimum absolute atomic E-state index is 0.141. The van der Waals surface area contributed by atoms with E-state index in [4.69, 9.17) is 0 Å². The summed E-state index contributed by atoms with van der Waals surface area (Å²) in [5.74, 6) is 0.279. The van der Waals surface area contributed by atoms with Gasteiger partial charge in [-0.3, -0.25) is 14.3 Å². The SMILES string of the molecule is CCc1cccc(NC(=O)CSc2nnc(-c3ccncc3)n2-c2ccc(F)cc2)c1. The number of hydrogen-bond donors (Lipinski definition) is 1. The van der Waals surface area contributed by atoms with Crippen molar-refractivity contribution in [2.75, 3.05) is 11.1 Å². The van der Waals surface area contributed by atoms with Crippen LogP contribution in [0.25, 0.3) is 17.1 Å². The van der Waals surface area contributed by atoms with Gasteiger partial charge in [0.2, 0.25) is 5.91 Å². The zero-order chi connectivity index (χ0) is 21.6. The molecular weight excluding hydrogens is 413 g/mol. The molecule has 8 heteroatoms. The van der Waals surface area contributed by atoms with Crippen LogP contribution in [-0.4, -0.2) is 31.4 Å². The van der Waals surface area contributed by atoms with Crippen LogP contribution in [0.1, 0.15) is 12.5 Å². The fraction of sp³-hybridized carbons (Fsp3) is 0.130.